The molecule has 0 atom stereocenters. The molecule has 158 valence electrons. The highest BCUT2D eigenvalue weighted by Crippen LogP contribution is 2.30. The van der Waals surface area contributed by atoms with Crippen molar-refractivity contribution in [2.24, 2.45) is 5.10 Å². The molecule has 2 aromatic carbocycles. The Balaban J connectivity index is 1.81. The Bertz CT molecular complexity index is 1250. The standard InChI is InChI=1S/C21H19ClN6O2S/c1-14(2)31(29,30)19-6-4-3-5-18(19)26-20-17(22)13-24-21(27-20)28-25-12-16-9-7-15(11-23)8-10-16/h3-10,12-14H,1-2H3,(H2,24,26,27,28)/b25-12+. The van der Waals surface area contributed by atoms with Crippen LogP contribution in [-0.4, -0.2) is 29.9 Å². The molecule has 1 heterocycles. The van der Waals surface area contributed by atoms with Crippen LogP contribution in [-0.2, 0) is 9.84 Å². The zero-order valence-electron chi connectivity index (χ0n) is 16.7. The Hall–Kier alpha value is -3.48. The van der Waals surface area contributed by atoms with Crippen molar-refractivity contribution in [1.82, 2.24) is 9.97 Å². The van der Waals surface area contributed by atoms with E-state index in [1.54, 1.807) is 62.5 Å². The van der Waals surface area contributed by atoms with Gasteiger partial charge in [0.25, 0.3) is 0 Å². The molecule has 0 saturated heterocycles. The fourth-order valence-electron chi connectivity index (χ4n) is 2.52. The molecular weight excluding hydrogens is 436 g/mol. The van der Waals surface area contributed by atoms with Crippen LogP contribution < -0.4 is 10.7 Å². The molecule has 0 fully saturated rings. The maximum Gasteiger partial charge on any atom is 0.245 e. The molecule has 0 aliphatic heterocycles. The fraction of sp³-hybridized carbons (Fsp3) is 0.143. The predicted octanol–water partition coefficient (Wildman–Crippen LogP) is 4.37. The van der Waals surface area contributed by atoms with E-state index >= 15 is 0 Å². The smallest absolute Gasteiger partial charge is 0.245 e. The molecule has 10 heteroatoms. The van der Waals surface area contributed by atoms with Gasteiger partial charge in [0.2, 0.25) is 5.95 Å². The number of anilines is 3. The number of hydrazone groups is 1. The van der Waals surface area contributed by atoms with Gasteiger partial charge in [-0.05, 0) is 43.7 Å². The lowest BCUT2D eigenvalue weighted by molar-refractivity contribution is 0.588. The molecule has 0 bridgehead atoms. The number of hydrogen-bond acceptors (Lipinski definition) is 8. The largest absolute Gasteiger partial charge is 0.338 e. The van der Waals surface area contributed by atoms with Gasteiger partial charge in [-0.15, -0.1) is 0 Å². The van der Waals surface area contributed by atoms with Gasteiger partial charge in [-0.25, -0.2) is 18.8 Å². The SMILES string of the molecule is CC(C)S(=O)(=O)c1ccccc1Nc1nc(N/N=C/c2ccc(C#N)cc2)ncc1Cl. The van der Waals surface area contributed by atoms with Crippen molar-refractivity contribution in [2.75, 3.05) is 10.7 Å². The fourth-order valence-corrected chi connectivity index (χ4v) is 3.86. The first-order chi connectivity index (χ1) is 14.8. The van der Waals surface area contributed by atoms with Crippen LogP contribution in [0, 0.1) is 11.3 Å². The summed E-state index contributed by atoms with van der Waals surface area (Å²) in [5, 5.41) is 15.5. The average molecular weight is 455 g/mol. The van der Waals surface area contributed by atoms with Crippen molar-refractivity contribution >= 4 is 45.1 Å². The van der Waals surface area contributed by atoms with Gasteiger partial charge in [-0.1, -0.05) is 35.9 Å². The Kier molecular flexibility index (Phi) is 6.84. The summed E-state index contributed by atoms with van der Waals surface area (Å²) in [7, 11) is -3.51. The number of nitrogens with zero attached hydrogens (tertiary/aromatic N) is 4. The van der Waals surface area contributed by atoms with E-state index in [-0.39, 0.29) is 21.7 Å². The monoisotopic (exact) mass is 454 g/mol. The van der Waals surface area contributed by atoms with Crippen molar-refractivity contribution in [3.05, 3.63) is 70.9 Å². The third-order valence-electron chi connectivity index (χ3n) is 4.23. The van der Waals surface area contributed by atoms with Crippen molar-refractivity contribution in [3.8, 4) is 6.07 Å². The topological polar surface area (TPSA) is 120 Å². The molecule has 3 aromatic rings. The van der Waals surface area contributed by atoms with Gasteiger partial charge in [0.15, 0.2) is 15.7 Å². The van der Waals surface area contributed by atoms with Gasteiger partial charge < -0.3 is 5.32 Å². The first-order valence-electron chi connectivity index (χ1n) is 9.23. The maximum absolute atomic E-state index is 12.7. The second kappa shape index (κ2) is 9.55. The number of aromatic nitrogens is 2. The van der Waals surface area contributed by atoms with E-state index in [4.69, 9.17) is 16.9 Å². The van der Waals surface area contributed by atoms with Crippen LogP contribution in [0.1, 0.15) is 25.0 Å². The first-order valence-corrected chi connectivity index (χ1v) is 11.2. The summed E-state index contributed by atoms with van der Waals surface area (Å²) in [6.45, 7) is 3.25. The molecule has 0 saturated carbocycles. The number of rotatable bonds is 7. The van der Waals surface area contributed by atoms with Crippen LogP contribution in [0.3, 0.4) is 0 Å². The van der Waals surface area contributed by atoms with Crippen LogP contribution >= 0.6 is 11.6 Å². The van der Waals surface area contributed by atoms with E-state index in [1.807, 2.05) is 6.07 Å². The van der Waals surface area contributed by atoms with E-state index in [2.05, 4.69) is 25.8 Å². The Labute approximate surface area is 185 Å². The third-order valence-corrected chi connectivity index (χ3v) is 6.72. The number of sulfone groups is 1. The molecule has 31 heavy (non-hydrogen) atoms. The number of nitriles is 1. The molecule has 8 nitrogen and oxygen atoms in total. The Morgan fingerprint density at radius 3 is 2.55 bits per heavy atom. The summed E-state index contributed by atoms with van der Waals surface area (Å²) < 4.78 is 25.3. The maximum atomic E-state index is 12.7. The summed E-state index contributed by atoms with van der Waals surface area (Å²) in [4.78, 5) is 8.51. The van der Waals surface area contributed by atoms with Crippen molar-refractivity contribution < 1.29 is 8.42 Å². The van der Waals surface area contributed by atoms with Gasteiger partial charge in [0, 0.05) is 0 Å². The lowest BCUT2D eigenvalue weighted by Gasteiger charge is -2.15. The van der Waals surface area contributed by atoms with Crippen LogP contribution in [0.4, 0.5) is 17.5 Å². The molecule has 0 aliphatic rings. The molecule has 1 aromatic heterocycles. The highest BCUT2D eigenvalue weighted by atomic mass is 35.5. The van der Waals surface area contributed by atoms with Crippen LogP contribution in [0.5, 0.6) is 0 Å². The molecule has 0 amide bonds. The lowest BCUT2D eigenvalue weighted by atomic mass is 10.2. The van der Waals surface area contributed by atoms with E-state index < -0.39 is 15.1 Å². The molecule has 3 rings (SSSR count). The summed E-state index contributed by atoms with van der Waals surface area (Å²) in [6.07, 6.45) is 2.94. The number of para-hydroxylation sites is 1. The van der Waals surface area contributed by atoms with Gasteiger partial charge in [0.1, 0.15) is 5.02 Å². The third kappa shape index (κ3) is 5.36. The van der Waals surface area contributed by atoms with Crippen molar-refractivity contribution in [2.45, 2.75) is 24.0 Å². The minimum atomic E-state index is -3.51. The van der Waals surface area contributed by atoms with Gasteiger partial charge >= 0.3 is 0 Å². The summed E-state index contributed by atoms with van der Waals surface area (Å²) >= 11 is 6.20. The number of hydrogen-bond donors (Lipinski definition) is 2. The van der Waals surface area contributed by atoms with Crippen LogP contribution in [0.15, 0.2) is 64.7 Å². The zero-order chi connectivity index (χ0) is 22.4. The average Bonchev–Trinajstić information content (AvgIpc) is 2.76. The number of nitrogens with one attached hydrogen (secondary N) is 2. The van der Waals surface area contributed by atoms with Crippen LogP contribution in [0.2, 0.25) is 5.02 Å². The molecule has 2 N–H and O–H groups in total. The molecule has 0 spiro atoms. The summed E-state index contributed by atoms with van der Waals surface area (Å²) in [5.74, 6) is 0.403. The van der Waals surface area contributed by atoms with Gasteiger partial charge in [-0.3, -0.25) is 0 Å². The lowest BCUT2D eigenvalue weighted by Crippen LogP contribution is -2.15. The Morgan fingerprint density at radius 1 is 1.16 bits per heavy atom. The van der Waals surface area contributed by atoms with Gasteiger partial charge in [-0.2, -0.15) is 15.3 Å². The highest BCUT2D eigenvalue weighted by molar-refractivity contribution is 7.92. The number of halogens is 1. The quantitative estimate of drug-likeness (QED) is 0.401. The van der Waals surface area contributed by atoms with E-state index in [9.17, 15) is 8.42 Å². The van der Waals surface area contributed by atoms with Crippen molar-refractivity contribution in [1.29, 1.82) is 5.26 Å². The minimum Gasteiger partial charge on any atom is -0.338 e. The molecule has 0 aliphatic carbocycles. The second-order valence-corrected chi connectivity index (χ2v) is 9.59. The molecular formula is C21H19ClN6O2S. The Morgan fingerprint density at radius 2 is 1.87 bits per heavy atom. The van der Waals surface area contributed by atoms with Crippen LogP contribution in [0.25, 0.3) is 0 Å². The van der Waals surface area contributed by atoms with E-state index in [0.717, 1.165) is 5.56 Å². The van der Waals surface area contributed by atoms with Crippen molar-refractivity contribution in [3.63, 3.8) is 0 Å². The normalized spacial score (nSPS) is 11.5. The predicted molar refractivity (Wildman–Crippen MR) is 121 cm³/mol. The van der Waals surface area contributed by atoms with Gasteiger partial charge in [0.05, 0.1) is 39.9 Å². The van der Waals surface area contributed by atoms with E-state index in [1.165, 1.54) is 12.3 Å². The molecule has 0 unspecified atom stereocenters. The second-order valence-electron chi connectivity index (χ2n) is 6.71. The highest BCUT2D eigenvalue weighted by Gasteiger charge is 2.23. The number of benzene rings is 2. The zero-order valence-corrected chi connectivity index (χ0v) is 18.3. The minimum absolute atomic E-state index is 0.160. The first kappa shape index (κ1) is 22.2. The van der Waals surface area contributed by atoms with E-state index in [0.29, 0.717) is 11.3 Å². The summed E-state index contributed by atoms with van der Waals surface area (Å²) in [5.41, 5.74) is 4.41. The summed E-state index contributed by atoms with van der Waals surface area (Å²) in [6, 6.07) is 15.5. The molecule has 0 radical (unpaired) electrons.